The van der Waals surface area contributed by atoms with Crippen molar-refractivity contribution in [2.75, 3.05) is 6.61 Å². The predicted molar refractivity (Wildman–Crippen MR) is 140 cm³/mol. The van der Waals surface area contributed by atoms with Crippen LogP contribution in [0.1, 0.15) is 142 Å². The number of aliphatic hydroxyl groups excluding tert-OH is 1. The van der Waals surface area contributed by atoms with E-state index in [0.717, 1.165) is 18.8 Å². The molecule has 0 aromatic heterocycles. The molecule has 1 fully saturated rings. The molecule has 0 amide bonds. The summed E-state index contributed by atoms with van der Waals surface area (Å²) in [5.74, 6) is 0.940. The molecule has 190 valence electrons. The third-order valence-electron chi connectivity index (χ3n) is 7.22. The van der Waals surface area contributed by atoms with Gasteiger partial charge in [-0.25, -0.2) is 0 Å². The van der Waals surface area contributed by atoms with Gasteiger partial charge in [-0.2, -0.15) is 0 Å². The van der Waals surface area contributed by atoms with Gasteiger partial charge in [0.25, 0.3) is 0 Å². The zero-order valence-corrected chi connectivity index (χ0v) is 21.7. The first-order valence-corrected chi connectivity index (χ1v) is 14.3. The fraction of sp³-hybridized carbons (Fsp3) is 0.931. The second-order valence-corrected chi connectivity index (χ2v) is 10.5. The molecule has 4 atom stereocenters. The summed E-state index contributed by atoms with van der Waals surface area (Å²) in [6, 6.07) is -0.186. The van der Waals surface area contributed by atoms with Gasteiger partial charge in [0.2, 0.25) is 0 Å². The molecule has 1 aliphatic heterocycles. The van der Waals surface area contributed by atoms with Crippen molar-refractivity contribution in [2.45, 2.75) is 161 Å². The van der Waals surface area contributed by atoms with E-state index in [4.69, 9.17) is 10.5 Å². The molecular weight excluding hydrogens is 394 g/mol. The maximum Gasteiger partial charge on any atom is 0.0974 e. The van der Waals surface area contributed by atoms with Crippen LogP contribution in [0.2, 0.25) is 0 Å². The lowest BCUT2D eigenvalue weighted by atomic mass is 9.96. The summed E-state index contributed by atoms with van der Waals surface area (Å²) in [5, 5.41) is 9.88. The number of aliphatic hydroxyl groups is 1. The highest BCUT2D eigenvalue weighted by Gasteiger charge is 2.32. The zero-order valence-electron chi connectivity index (χ0n) is 21.7. The number of hydrogen-bond acceptors (Lipinski definition) is 3. The minimum absolute atomic E-state index is 0.0291. The highest BCUT2D eigenvalue weighted by Crippen LogP contribution is 2.20. The molecule has 1 heterocycles. The highest BCUT2D eigenvalue weighted by molar-refractivity contribution is 4.86. The Hall–Kier alpha value is -0.380. The van der Waals surface area contributed by atoms with Gasteiger partial charge < -0.3 is 15.6 Å². The minimum Gasteiger partial charge on any atom is -0.389 e. The van der Waals surface area contributed by atoms with Crippen LogP contribution >= 0.6 is 0 Å². The van der Waals surface area contributed by atoms with Gasteiger partial charge in [-0.15, -0.1) is 0 Å². The Balaban J connectivity index is 1.75. The first-order chi connectivity index (χ1) is 15.6. The summed E-state index contributed by atoms with van der Waals surface area (Å²) in [7, 11) is 0. The van der Waals surface area contributed by atoms with E-state index in [1.807, 2.05) is 0 Å². The first kappa shape index (κ1) is 29.7. The highest BCUT2D eigenvalue weighted by atomic mass is 16.5. The molecule has 1 aliphatic rings. The monoisotopic (exact) mass is 451 g/mol. The average Bonchev–Trinajstić information content (AvgIpc) is 3.10. The number of ether oxygens (including phenoxy) is 1. The standard InChI is InChI=1S/C29H57NO2/c1-3-4-5-16-19-22-26(2)23-20-17-14-12-10-8-6-7-9-11-13-15-18-21-24-28-29(31)27(30)25-32-28/h7,9,26-29,31H,3-6,8,10-25,30H2,1-2H3/b9-7-/t26?,27-,28-,29-/m0/s1. The molecule has 3 nitrogen and oxygen atoms in total. The van der Waals surface area contributed by atoms with E-state index in [1.165, 1.54) is 116 Å². The smallest absolute Gasteiger partial charge is 0.0974 e. The molecule has 0 radical (unpaired) electrons. The summed E-state index contributed by atoms with van der Waals surface area (Å²) in [6.45, 7) is 5.26. The van der Waals surface area contributed by atoms with Gasteiger partial charge in [0, 0.05) is 0 Å². The molecule has 1 unspecified atom stereocenters. The number of nitrogens with two attached hydrogens (primary N) is 1. The molecule has 0 aliphatic carbocycles. The number of unbranched alkanes of at least 4 members (excludes halogenated alkanes) is 14. The molecule has 32 heavy (non-hydrogen) atoms. The van der Waals surface area contributed by atoms with E-state index in [-0.39, 0.29) is 12.1 Å². The number of allylic oxidation sites excluding steroid dienone is 2. The molecule has 0 bridgehead atoms. The Morgan fingerprint density at radius 3 is 1.81 bits per heavy atom. The van der Waals surface area contributed by atoms with Crippen LogP contribution in [0, 0.1) is 5.92 Å². The topological polar surface area (TPSA) is 55.5 Å². The van der Waals surface area contributed by atoms with Crippen LogP contribution in [-0.4, -0.2) is 30.0 Å². The Bertz CT molecular complexity index is 425. The third-order valence-corrected chi connectivity index (χ3v) is 7.22. The van der Waals surface area contributed by atoms with Gasteiger partial charge in [-0.3, -0.25) is 0 Å². The first-order valence-electron chi connectivity index (χ1n) is 14.3. The summed E-state index contributed by atoms with van der Waals surface area (Å²) in [6.07, 6.45) is 31.1. The zero-order chi connectivity index (χ0) is 23.3. The maximum absolute atomic E-state index is 9.88. The van der Waals surface area contributed by atoms with Crippen molar-refractivity contribution >= 4 is 0 Å². The normalized spacial score (nSPS) is 22.2. The summed E-state index contributed by atoms with van der Waals surface area (Å²) < 4.78 is 5.54. The molecule has 1 saturated heterocycles. The summed E-state index contributed by atoms with van der Waals surface area (Å²) in [4.78, 5) is 0. The van der Waals surface area contributed by atoms with Gasteiger partial charge in [-0.1, -0.05) is 122 Å². The van der Waals surface area contributed by atoms with Crippen molar-refractivity contribution in [3.63, 3.8) is 0 Å². The van der Waals surface area contributed by atoms with Gasteiger partial charge >= 0.3 is 0 Å². The van der Waals surface area contributed by atoms with Crippen LogP contribution in [-0.2, 0) is 4.74 Å². The number of hydrogen-bond donors (Lipinski definition) is 2. The molecule has 0 spiro atoms. The van der Waals surface area contributed by atoms with Gasteiger partial charge in [0.15, 0.2) is 0 Å². The van der Waals surface area contributed by atoms with Crippen molar-refractivity contribution < 1.29 is 9.84 Å². The fourth-order valence-electron chi connectivity index (χ4n) is 4.86. The SMILES string of the molecule is CCCCCCCC(C)CCCCCCCC/C=C\CCCCCC[C@@H]1OC[C@H](N)[C@@H]1O. The van der Waals surface area contributed by atoms with E-state index in [9.17, 15) is 5.11 Å². The lowest BCUT2D eigenvalue weighted by Gasteiger charge is -2.14. The van der Waals surface area contributed by atoms with Crippen molar-refractivity contribution in [2.24, 2.45) is 11.7 Å². The minimum atomic E-state index is -0.462. The van der Waals surface area contributed by atoms with Crippen LogP contribution in [0.15, 0.2) is 12.2 Å². The second-order valence-electron chi connectivity index (χ2n) is 10.5. The van der Waals surface area contributed by atoms with E-state index in [1.54, 1.807) is 0 Å². The number of rotatable bonds is 22. The van der Waals surface area contributed by atoms with E-state index in [0.29, 0.717) is 6.61 Å². The van der Waals surface area contributed by atoms with Crippen LogP contribution in [0.3, 0.4) is 0 Å². The van der Waals surface area contributed by atoms with Gasteiger partial charge in [0.1, 0.15) is 0 Å². The van der Waals surface area contributed by atoms with Crippen molar-refractivity contribution in [1.29, 1.82) is 0 Å². The molecule has 1 rings (SSSR count). The molecule has 0 aromatic carbocycles. The van der Waals surface area contributed by atoms with Crippen LogP contribution in [0.4, 0.5) is 0 Å². The van der Waals surface area contributed by atoms with Crippen molar-refractivity contribution in [3.05, 3.63) is 12.2 Å². The van der Waals surface area contributed by atoms with Crippen LogP contribution in [0.5, 0.6) is 0 Å². The van der Waals surface area contributed by atoms with Crippen molar-refractivity contribution in [3.8, 4) is 0 Å². The summed E-state index contributed by atoms with van der Waals surface area (Å²) >= 11 is 0. The lowest BCUT2D eigenvalue weighted by molar-refractivity contribution is 0.0342. The fourth-order valence-corrected chi connectivity index (χ4v) is 4.86. The average molecular weight is 452 g/mol. The Morgan fingerprint density at radius 1 is 0.781 bits per heavy atom. The van der Waals surface area contributed by atoms with Crippen LogP contribution in [0.25, 0.3) is 0 Å². The molecular formula is C29H57NO2. The third kappa shape index (κ3) is 16.3. The Morgan fingerprint density at radius 2 is 1.28 bits per heavy atom. The van der Waals surface area contributed by atoms with E-state index in [2.05, 4.69) is 26.0 Å². The quantitative estimate of drug-likeness (QED) is 0.129. The molecule has 0 saturated carbocycles. The van der Waals surface area contributed by atoms with E-state index < -0.39 is 6.10 Å². The largest absolute Gasteiger partial charge is 0.389 e. The Kier molecular flexibility index (Phi) is 19.6. The Labute approximate surface area is 201 Å². The lowest BCUT2D eigenvalue weighted by Crippen LogP contribution is -2.36. The predicted octanol–water partition coefficient (Wildman–Crippen LogP) is 8.09. The molecule has 3 N–H and O–H groups in total. The van der Waals surface area contributed by atoms with Crippen LogP contribution < -0.4 is 5.73 Å². The van der Waals surface area contributed by atoms with E-state index >= 15 is 0 Å². The second kappa shape index (κ2) is 21.2. The van der Waals surface area contributed by atoms with Gasteiger partial charge in [0.05, 0.1) is 24.9 Å². The molecule has 3 heteroatoms. The van der Waals surface area contributed by atoms with Crippen molar-refractivity contribution in [1.82, 2.24) is 0 Å². The molecule has 0 aromatic rings. The maximum atomic E-state index is 9.88. The van der Waals surface area contributed by atoms with Gasteiger partial charge in [-0.05, 0) is 38.0 Å². The summed E-state index contributed by atoms with van der Waals surface area (Å²) in [5.41, 5.74) is 5.78.